The van der Waals surface area contributed by atoms with E-state index < -0.39 is 29.6 Å². The lowest BCUT2D eigenvalue weighted by Gasteiger charge is -2.34. The number of alkyl halides is 3. The van der Waals surface area contributed by atoms with Crippen LogP contribution in [0.5, 0.6) is 0 Å². The summed E-state index contributed by atoms with van der Waals surface area (Å²) in [6, 6.07) is 4.08. The fourth-order valence-electron chi connectivity index (χ4n) is 2.83. The molecule has 1 saturated heterocycles. The fraction of sp³-hybridized carbons (Fsp3) is 0.471. The van der Waals surface area contributed by atoms with Gasteiger partial charge in [-0.25, -0.2) is 0 Å². The summed E-state index contributed by atoms with van der Waals surface area (Å²) in [5.41, 5.74) is 4.63. The van der Waals surface area contributed by atoms with E-state index >= 15 is 0 Å². The molecule has 27 heavy (non-hydrogen) atoms. The third-order valence-corrected chi connectivity index (χ3v) is 4.15. The molecule has 7 nitrogen and oxygen atoms in total. The molecule has 10 heteroatoms. The number of carbonyl (C=O) groups excluding carboxylic acids is 3. The number of benzene rings is 1. The Morgan fingerprint density at radius 1 is 1.33 bits per heavy atom. The van der Waals surface area contributed by atoms with Gasteiger partial charge in [0.2, 0.25) is 17.7 Å². The van der Waals surface area contributed by atoms with E-state index in [2.05, 4.69) is 10.6 Å². The largest absolute Gasteiger partial charge is 0.416 e. The molecule has 1 aromatic rings. The molecule has 1 aliphatic rings. The van der Waals surface area contributed by atoms with Gasteiger partial charge in [-0.05, 0) is 11.6 Å². The van der Waals surface area contributed by atoms with Crippen molar-refractivity contribution in [2.45, 2.75) is 31.6 Å². The predicted molar refractivity (Wildman–Crippen MR) is 90.1 cm³/mol. The van der Waals surface area contributed by atoms with Crippen LogP contribution in [0.4, 0.5) is 13.2 Å². The van der Waals surface area contributed by atoms with E-state index in [9.17, 15) is 27.6 Å². The van der Waals surface area contributed by atoms with E-state index in [0.717, 1.165) is 12.1 Å². The summed E-state index contributed by atoms with van der Waals surface area (Å²) in [5.74, 6) is -1.36. The van der Waals surface area contributed by atoms with Crippen molar-refractivity contribution in [2.24, 2.45) is 5.73 Å². The lowest BCUT2D eigenvalue weighted by atomic mass is 10.0. The number of nitrogens with zero attached hydrogens (tertiary/aromatic N) is 1. The summed E-state index contributed by atoms with van der Waals surface area (Å²) >= 11 is 0. The van der Waals surface area contributed by atoms with E-state index in [-0.39, 0.29) is 31.8 Å². The Labute approximate surface area is 154 Å². The third kappa shape index (κ3) is 6.24. The maximum Gasteiger partial charge on any atom is 0.416 e. The average molecular weight is 386 g/mol. The normalized spacial score (nSPS) is 18.0. The van der Waals surface area contributed by atoms with Crippen molar-refractivity contribution < 1.29 is 27.6 Å². The topological polar surface area (TPSA) is 105 Å². The number of carbonyl (C=O) groups is 3. The van der Waals surface area contributed by atoms with Gasteiger partial charge in [-0.2, -0.15) is 13.2 Å². The Morgan fingerprint density at radius 3 is 2.74 bits per heavy atom. The molecule has 0 radical (unpaired) electrons. The zero-order valence-electron chi connectivity index (χ0n) is 14.5. The number of rotatable bonds is 7. The lowest BCUT2D eigenvalue weighted by molar-refractivity contribution is -0.137. The van der Waals surface area contributed by atoms with Gasteiger partial charge in [0.25, 0.3) is 0 Å². The predicted octanol–water partition coefficient (Wildman–Crippen LogP) is 0.388. The average Bonchev–Trinajstić information content (AvgIpc) is 2.57. The van der Waals surface area contributed by atoms with Gasteiger partial charge in [0.15, 0.2) is 0 Å². The molecule has 148 valence electrons. The molecule has 0 aromatic heterocycles. The number of amides is 3. The van der Waals surface area contributed by atoms with Crippen molar-refractivity contribution in [3.05, 3.63) is 35.4 Å². The second kappa shape index (κ2) is 8.85. The number of nitrogens with one attached hydrogen (secondary N) is 2. The Morgan fingerprint density at radius 2 is 2.07 bits per heavy atom. The molecular weight excluding hydrogens is 365 g/mol. The first-order valence-corrected chi connectivity index (χ1v) is 8.39. The van der Waals surface area contributed by atoms with Crippen LogP contribution in [-0.4, -0.2) is 48.3 Å². The number of piperazine rings is 1. The molecule has 1 heterocycles. The number of hydrogen-bond donors (Lipinski definition) is 3. The van der Waals surface area contributed by atoms with Crippen molar-refractivity contribution in [2.75, 3.05) is 19.6 Å². The van der Waals surface area contributed by atoms with Gasteiger partial charge in [0.05, 0.1) is 18.0 Å². The van der Waals surface area contributed by atoms with Crippen molar-refractivity contribution in [3.8, 4) is 0 Å². The fourth-order valence-corrected chi connectivity index (χ4v) is 2.83. The first-order chi connectivity index (χ1) is 12.7. The van der Waals surface area contributed by atoms with Crippen LogP contribution >= 0.6 is 0 Å². The molecule has 3 amide bonds. The van der Waals surface area contributed by atoms with Crippen LogP contribution in [0.1, 0.15) is 24.0 Å². The minimum Gasteiger partial charge on any atom is -0.370 e. The number of nitrogens with two attached hydrogens (primary N) is 1. The number of primary amides is 1. The minimum atomic E-state index is -4.45. The summed E-state index contributed by atoms with van der Waals surface area (Å²) in [6.07, 6.45) is -4.63. The Balaban J connectivity index is 2.04. The van der Waals surface area contributed by atoms with Crippen molar-refractivity contribution in [1.82, 2.24) is 15.5 Å². The first-order valence-electron chi connectivity index (χ1n) is 8.39. The maximum absolute atomic E-state index is 12.9. The third-order valence-electron chi connectivity index (χ3n) is 4.15. The van der Waals surface area contributed by atoms with E-state index in [4.69, 9.17) is 5.73 Å². The van der Waals surface area contributed by atoms with E-state index in [1.165, 1.54) is 6.07 Å². The monoisotopic (exact) mass is 386 g/mol. The highest BCUT2D eigenvalue weighted by Crippen LogP contribution is 2.30. The van der Waals surface area contributed by atoms with Crippen LogP contribution in [0.25, 0.3) is 0 Å². The van der Waals surface area contributed by atoms with Crippen LogP contribution in [0, 0.1) is 0 Å². The SMILES string of the molecule is NC(=O)CCNC(=O)C[C@@H]1C(=O)NCCN1Cc1cccc(C(F)(F)F)c1. The van der Waals surface area contributed by atoms with Gasteiger partial charge >= 0.3 is 6.18 Å². The van der Waals surface area contributed by atoms with Crippen LogP contribution in [0.15, 0.2) is 24.3 Å². The van der Waals surface area contributed by atoms with Gasteiger partial charge < -0.3 is 16.4 Å². The molecule has 1 fully saturated rings. The molecule has 1 aromatic carbocycles. The minimum absolute atomic E-state index is 0.0173. The lowest BCUT2D eigenvalue weighted by Crippen LogP contribution is -2.56. The Hall–Kier alpha value is -2.62. The van der Waals surface area contributed by atoms with Crippen molar-refractivity contribution in [3.63, 3.8) is 0 Å². The molecule has 1 atom stereocenters. The summed E-state index contributed by atoms with van der Waals surface area (Å²) in [4.78, 5) is 36.5. The van der Waals surface area contributed by atoms with E-state index in [1.54, 1.807) is 11.0 Å². The van der Waals surface area contributed by atoms with Gasteiger partial charge in [-0.15, -0.1) is 0 Å². The highest BCUT2D eigenvalue weighted by molar-refractivity contribution is 5.89. The highest BCUT2D eigenvalue weighted by Gasteiger charge is 2.33. The molecule has 2 rings (SSSR count). The summed E-state index contributed by atoms with van der Waals surface area (Å²) in [7, 11) is 0. The standard InChI is InChI=1S/C17H21F3N4O3/c18-17(19,20)12-3-1-2-11(8-12)10-24-7-6-23-16(27)13(24)9-15(26)22-5-4-14(21)25/h1-3,8,13H,4-7,9-10H2,(H2,21,25)(H,22,26)(H,23,27)/t13-/m1/s1. The van der Waals surface area contributed by atoms with Gasteiger partial charge in [-0.1, -0.05) is 18.2 Å². The number of hydrogen-bond acceptors (Lipinski definition) is 4. The van der Waals surface area contributed by atoms with Gasteiger partial charge in [0, 0.05) is 32.6 Å². The molecule has 0 unspecified atom stereocenters. The summed E-state index contributed by atoms with van der Waals surface area (Å²) in [5, 5.41) is 5.15. The molecule has 4 N–H and O–H groups in total. The van der Waals surface area contributed by atoms with Crippen molar-refractivity contribution >= 4 is 17.7 Å². The Kier molecular flexibility index (Phi) is 6.78. The molecule has 0 spiro atoms. The quantitative estimate of drug-likeness (QED) is 0.630. The number of halogens is 3. The van der Waals surface area contributed by atoms with Crippen LogP contribution in [-0.2, 0) is 27.1 Å². The second-order valence-electron chi connectivity index (χ2n) is 6.25. The maximum atomic E-state index is 12.9. The smallest absolute Gasteiger partial charge is 0.370 e. The summed E-state index contributed by atoms with van der Waals surface area (Å²) < 4.78 is 38.6. The van der Waals surface area contributed by atoms with Crippen LogP contribution < -0.4 is 16.4 Å². The van der Waals surface area contributed by atoms with Crippen LogP contribution in [0.3, 0.4) is 0 Å². The first kappa shape index (κ1) is 20.7. The highest BCUT2D eigenvalue weighted by atomic mass is 19.4. The zero-order valence-corrected chi connectivity index (χ0v) is 14.5. The molecule has 0 saturated carbocycles. The van der Waals surface area contributed by atoms with Gasteiger partial charge in [0.1, 0.15) is 0 Å². The van der Waals surface area contributed by atoms with Crippen molar-refractivity contribution in [1.29, 1.82) is 0 Å². The molecular formula is C17H21F3N4O3. The molecule has 1 aliphatic heterocycles. The van der Waals surface area contributed by atoms with E-state index in [0.29, 0.717) is 18.7 Å². The van der Waals surface area contributed by atoms with E-state index in [1.807, 2.05) is 0 Å². The zero-order chi connectivity index (χ0) is 20.0. The van der Waals surface area contributed by atoms with Crippen LogP contribution in [0.2, 0.25) is 0 Å². The van der Waals surface area contributed by atoms with Gasteiger partial charge in [-0.3, -0.25) is 19.3 Å². The summed E-state index contributed by atoms with van der Waals surface area (Å²) in [6.45, 7) is 0.922. The molecule has 0 aliphatic carbocycles. The Bertz CT molecular complexity index is 709. The second-order valence-corrected chi connectivity index (χ2v) is 6.25. The molecule has 0 bridgehead atoms.